The molecular weight excluding hydrogens is 384 g/mol. The van der Waals surface area contributed by atoms with Crippen molar-refractivity contribution in [2.45, 2.75) is 12.7 Å². The highest BCUT2D eigenvalue weighted by Gasteiger charge is 2.20. The number of ether oxygens (including phenoxy) is 1. The third-order valence-corrected chi connectivity index (χ3v) is 5.93. The van der Waals surface area contributed by atoms with Crippen molar-refractivity contribution in [2.24, 2.45) is 0 Å². The molecule has 144 valence electrons. The van der Waals surface area contributed by atoms with E-state index in [9.17, 15) is 9.59 Å². The first-order chi connectivity index (χ1) is 13.1. The first kappa shape index (κ1) is 19.7. The molecule has 0 unspecified atom stereocenters. The number of aryl methyl sites for hydroxylation is 1. The van der Waals surface area contributed by atoms with E-state index in [0.717, 1.165) is 29.5 Å². The summed E-state index contributed by atoms with van der Waals surface area (Å²) >= 11 is 3.04. The Morgan fingerprint density at radius 2 is 1.85 bits per heavy atom. The van der Waals surface area contributed by atoms with E-state index in [-0.39, 0.29) is 11.8 Å². The third kappa shape index (κ3) is 5.00. The minimum Gasteiger partial charge on any atom is -0.378 e. The summed E-state index contributed by atoms with van der Waals surface area (Å²) in [5.74, 6) is 0.181. The van der Waals surface area contributed by atoms with Gasteiger partial charge in [-0.1, -0.05) is 23.5 Å². The highest BCUT2D eigenvalue weighted by molar-refractivity contribution is 7.97. The number of hydrogen-bond donors (Lipinski definition) is 2. The zero-order valence-corrected chi connectivity index (χ0v) is 16.9. The molecule has 0 spiro atoms. The highest BCUT2D eigenvalue weighted by atomic mass is 32.2. The van der Waals surface area contributed by atoms with E-state index in [4.69, 9.17) is 4.74 Å². The number of thioether (sulfide) groups is 1. The number of carbonyl (C=O) groups is 2. The minimum atomic E-state index is -0.364. The molecule has 7 nitrogen and oxygen atoms in total. The first-order valence-corrected chi connectivity index (χ1v) is 10.8. The largest absolute Gasteiger partial charge is 0.378 e. The Labute approximate surface area is 166 Å². The number of amides is 2. The number of anilines is 1. The van der Waals surface area contributed by atoms with E-state index in [2.05, 4.69) is 20.7 Å². The molecule has 0 bridgehead atoms. The fourth-order valence-corrected chi connectivity index (χ4v) is 4.18. The van der Waals surface area contributed by atoms with Crippen LogP contribution in [0, 0.1) is 6.92 Å². The molecule has 9 heteroatoms. The Hall–Kier alpha value is -2.10. The molecule has 1 aliphatic heterocycles. The number of nitrogens with one attached hydrogen (secondary N) is 2. The Bertz CT molecular complexity index is 801. The molecule has 0 radical (unpaired) electrons. The molecule has 2 N–H and O–H groups in total. The molecule has 2 amide bonds. The second-order valence-electron chi connectivity index (χ2n) is 6.05. The second-order valence-corrected chi connectivity index (χ2v) is 7.89. The van der Waals surface area contributed by atoms with Gasteiger partial charge in [0.1, 0.15) is 4.88 Å². The maximum absolute atomic E-state index is 12.4. The molecule has 27 heavy (non-hydrogen) atoms. The van der Waals surface area contributed by atoms with E-state index < -0.39 is 0 Å². The molecule has 1 saturated heterocycles. The number of carbonyl (C=O) groups excluding carboxylic acids is 2. The van der Waals surface area contributed by atoms with Crippen molar-refractivity contribution in [2.75, 3.05) is 37.5 Å². The van der Waals surface area contributed by atoms with E-state index in [0.29, 0.717) is 29.3 Å². The summed E-state index contributed by atoms with van der Waals surface area (Å²) < 4.78 is 5.34. The quantitative estimate of drug-likeness (QED) is 0.741. The average molecular weight is 407 g/mol. The molecule has 0 aliphatic carbocycles. The maximum atomic E-state index is 12.4. The molecule has 2 aromatic rings. The van der Waals surface area contributed by atoms with Crippen LogP contribution < -0.4 is 15.8 Å². The van der Waals surface area contributed by atoms with Crippen LogP contribution in [0.4, 0.5) is 5.13 Å². The fraction of sp³-hybridized carbons (Fsp3) is 0.389. The van der Waals surface area contributed by atoms with E-state index in [1.807, 2.05) is 18.4 Å². The number of nitrogens with zero attached hydrogens (tertiary/aromatic N) is 2. The van der Waals surface area contributed by atoms with Crippen molar-refractivity contribution in [3.8, 4) is 0 Å². The third-order valence-electron chi connectivity index (χ3n) is 4.09. The number of aromatic nitrogens is 1. The van der Waals surface area contributed by atoms with Crippen molar-refractivity contribution in [1.82, 2.24) is 15.8 Å². The molecule has 1 aromatic heterocycles. The second kappa shape index (κ2) is 9.20. The maximum Gasteiger partial charge on any atom is 0.281 e. The fourth-order valence-electron chi connectivity index (χ4n) is 2.64. The average Bonchev–Trinajstić information content (AvgIpc) is 3.09. The Morgan fingerprint density at radius 1 is 1.19 bits per heavy atom. The predicted octanol–water partition coefficient (Wildman–Crippen LogP) is 2.23. The van der Waals surface area contributed by atoms with Gasteiger partial charge in [0.15, 0.2) is 5.13 Å². The van der Waals surface area contributed by atoms with Crippen LogP contribution in [0.2, 0.25) is 0 Å². The van der Waals surface area contributed by atoms with Crippen molar-refractivity contribution in [1.29, 1.82) is 0 Å². The lowest BCUT2D eigenvalue weighted by Gasteiger charge is -2.25. The van der Waals surface area contributed by atoms with Crippen molar-refractivity contribution >= 4 is 40.0 Å². The van der Waals surface area contributed by atoms with Gasteiger partial charge >= 0.3 is 0 Å². The van der Waals surface area contributed by atoms with Gasteiger partial charge < -0.3 is 9.64 Å². The van der Waals surface area contributed by atoms with Crippen LogP contribution in [0.5, 0.6) is 0 Å². The van der Waals surface area contributed by atoms with E-state index >= 15 is 0 Å². The molecule has 3 rings (SSSR count). The van der Waals surface area contributed by atoms with Gasteiger partial charge in [-0.05, 0) is 30.9 Å². The summed E-state index contributed by atoms with van der Waals surface area (Å²) in [4.78, 5) is 31.7. The summed E-state index contributed by atoms with van der Waals surface area (Å²) in [5, 5.41) is 0.802. The monoisotopic (exact) mass is 406 g/mol. The smallest absolute Gasteiger partial charge is 0.281 e. The number of benzene rings is 1. The van der Waals surface area contributed by atoms with E-state index in [1.54, 1.807) is 30.8 Å². The van der Waals surface area contributed by atoms with Gasteiger partial charge in [-0.3, -0.25) is 20.4 Å². The Balaban J connectivity index is 1.58. The summed E-state index contributed by atoms with van der Waals surface area (Å²) in [5.41, 5.74) is 7.24. The van der Waals surface area contributed by atoms with Crippen molar-refractivity contribution in [3.63, 3.8) is 0 Å². The van der Waals surface area contributed by atoms with Crippen molar-refractivity contribution < 1.29 is 14.3 Å². The van der Waals surface area contributed by atoms with Gasteiger partial charge in [-0.25, -0.2) is 4.98 Å². The molecule has 2 heterocycles. The number of morpholine rings is 1. The zero-order chi connectivity index (χ0) is 19.2. The van der Waals surface area contributed by atoms with Crippen LogP contribution in [0.1, 0.15) is 31.3 Å². The lowest BCUT2D eigenvalue weighted by molar-refractivity contribution is 0.0848. The molecule has 1 aliphatic rings. The normalized spacial score (nSPS) is 14.1. The molecule has 1 aromatic carbocycles. The SMILES string of the molecule is CSCc1ccc(C(=O)NNC(=O)c2sc(N3CCOCC3)nc2C)cc1. The summed E-state index contributed by atoms with van der Waals surface area (Å²) in [6, 6.07) is 7.33. The lowest BCUT2D eigenvalue weighted by atomic mass is 10.1. The molecule has 0 saturated carbocycles. The van der Waals surface area contributed by atoms with Gasteiger partial charge in [-0.2, -0.15) is 11.8 Å². The summed E-state index contributed by atoms with van der Waals surface area (Å²) in [6.45, 7) is 4.63. The minimum absolute atomic E-state index is 0.352. The zero-order valence-electron chi connectivity index (χ0n) is 15.3. The summed E-state index contributed by atoms with van der Waals surface area (Å²) in [6.07, 6.45) is 2.03. The highest BCUT2D eigenvalue weighted by Crippen LogP contribution is 2.26. The molecule has 1 fully saturated rings. The Kier molecular flexibility index (Phi) is 6.70. The topological polar surface area (TPSA) is 83.6 Å². The van der Waals surface area contributed by atoms with Gasteiger partial charge in [0.25, 0.3) is 11.8 Å². The van der Waals surface area contributed by atoms with Crippen LogP contribution >= 0.6 is 23.1 Å². The van der Waals surface area contributed by atoms with Crippen LogP contribution in [-0.2, 0) is 10.5 Å². The number of thiazole rings is 1. The van der Waals surface area contributed by atoms with Gasteiger partial charge in [-0.15, -0.1) is 0 Å². The molecular formula is C18H22N4O3S2. The van der Waals surface area contributed by atoms with Crippen LogP contribution in [0.3, 0.4) is 0 Å². The van der Waals surface area contributed by atoms with Crippen molar-refractivity contribution in [3.05, 3.63) is 46.0 Å². The number of hydrazine groups is 1. The first-order valence-electron chi connectivity index (χ1n) is 8.57. The molecule has 0 atom stereocenters. The van der Waals surface area contributed by atoms with Crippen LogP contribution in [0.25, 0.3) is 0 Å². The number of hydrogen-bond acceptors (Lipinski definition) is 7. The predicted molar refractivity (Wildman–Crippen MR) is 108 cm³/mol. The Morgan fingerprint density at radius 3 is 2.52 bits per heavy atom. The lowest BCUT2D eigenvalue weighted by Crippen LogP contribution is -2.41. The van der Waals surface area contributed by atoms with E-state index in [1.165, 1.54) is 11.3 Å². The van der Waals surface area contributed by atoms with Crippen LogP contribution in [0.15, 0.2) is 24.3 Å². The van der Waals surface area contributed by atoms with Gasteiger partial charge in [0, 0.05) is 24.4 Å². The number of rotatable bonds is 5. The standard InChI is InChI=1S/C18H22N4O3S2/c1-12-15(27-18(19-12)22-7-9-25-10-8-22)17(24)21-20-16(23)14-5-3-13(4-6-14)11-26-2/h3-6H,7-11H2,1-2H3,(H,20,23)(H,21,24). The van der Waals surface area contributed by atoms with Gasteiger partial charge in [0.2, 0.25) is 0 Å². The van der Waals surface area contributed by atoms with Gasteiger partial charge in [0.05, 0.1) is 18.9 Å². The summed E-state index contributed by atoms with van der Waals surface area (Å²) in [7, 11) is 0. The van der Waals surface area contributed by atoms with Crippen LogP contribution in [-0.4, -0.2) is 49.4 Å².